The number of nitrogens with zero attached hydrogens (tertiary/aromatic N) is 1. The topological polar surface area (TPSA) is 68.3 Å². The van der Waals surface area contributed by atoms with Gasteiger partial charge >= 0.3 is 5.97 Å². The first-order valence-corrected chi connectivity index (χ1v) is 11.1. The van der Waals surface area contributed by atoms with Crippen LogP contribution in [-0.2, 0) is 4.74 Å². The van der Waals surface area contributed by atoms with E-state index in [9.17, 15) is 9.59 Å². The van der Waals surface area contributed by atoms with Gasteiger partial charge in [0.1, 0.15) is 4.88 Å². The quantitative estimate of drug-likeness (QED) is 0.277. The zero-order chi connectivity index (χ0) is 20.4. The molecule has 1 amide bonds. The van der Waals surface area contributed by atoms with E-state index in [4.69, 9.17) is 16.3 Å². The molecule has 0 unspecified atom stereocenters. The lowest BCUT2D eigenvalue weighted by atomic mass is 10.2. The van der Waals surface area contributed by atoms with Crippen molar-refractivity contribution in [3.63, 3.8) is 0 Å². The number of ether oxygens (including phenoxy) is 1. The molecule has 0 fully saturated rings. The van der Waals surface area contributed by atoms with Crippen molar-refractivity contribution >= 4 is 71.6 Å². The van der Waals surface area contributed by atoms with Gasteiger partial charge < -0.3 is 4.74 Å². The smallest absolute Gasteiger partial charge is 0.338 e. The molecule has 4 rings (SSSR count). The maximum Gasteiger partial charge on any atom is 0.338 e. The lowest BCUT2D eigenvalue weighted by Gasteiger charge is -2.03. The largest absolute Gasteiger partial charge is 0.462 e. The van der Waals surface area contributed by atoms with E-state index >= 15 is 0 Å². The number of thiazole rings is 1. The molecule has 0 radical (unpaired) electrons. The van der Waals surface area contributed by atoms with E-state index in [2.05, 4.69) is 10.3 Å². The van der Waals surface area contributed by atoms with E-state index in [1.165, 1.54) is 22.7 Å². The Morgan fingerprint density at radius 3 is 2.76 bits per heavy atom. The predicted octanol–water partition coefficient (Wildman–Crippen LogP) is 6.37. The number of thiophene rings is 1. The molecule has 0 aliphatic heterocycles. The van der Waals surface area contributed by atoms with Crippen molar-refractivity contribution in [1.29, 1.82) is 0 Å². The second-order valence-corrected chi connectivity index (χ2v) is 8.85. The summed E-state index contributed by atoms with van der Waals surface area (Å²) in [5, 5.41) is 4.58. The standard InChI is InChI=1S/C21H17ClN2O3S2/c1-2-3-10-27-20(26)12-8-9-14-16(11-12)29-21(23-14)24-19(25)18-17(22)13-6-4-5-7-15(13)28-18/h4-9,11H,2-3,10H2,1H3,(H,23,24,25). The summed E-state index contributed by atoms with van der Waals surface area (Å²) in [5.74, 6) is -0.647. The van der Waals surface area contributed by atoms with Gasteiger partial charge in [-0.1, -0.05) is 54.5 Å². The van der Waals surface area contributed by atoms with Crippen molar-refractivity contribution in [3.8, 4) is 0 Å². The molecule has 0 spiro atoms. The normalized spacial score (nSPS) is 11.1. The Balaban J connectivity index is 1.54. The molecule has 0 saturated carbocycles. The van der Waals surface area contributed by atoms with Gasteiger partial charge in [0, 0.05) is 10.1 Å². The fraction of sp³-hybridized carbons (Fsp3) is 0.190. The maximum absolute atomic E-state index is 12.7. The third-order valence-electron chi connectivity index (χ3n) is 4.32. The van der Waals surface area contributed by atoms with Gasteiger partial charge in [0.2, 0.25) is 0 Å². The number of fused-ring (bicyclic) bond motifs is 2. The van der Waals surface area contributed by atoms with E-state index in [0.717, 1.165) is 27.6 Å². The number of aromatic nitrogens is 1. The van der Waals surface area contributed by atoms with Crippen molar-refractivity contribution in [2.24, 2.45) is 0 Å². The average Bonchev–Trinajstić information content (AvgIpc) is 3.28. The lowest BCUT2D eigenvalue weighted by Crippen LogP contribution is -2.10. The first kappa shape index (κ1) is 19.8. The van der Waals surface area contributed by atoms with Crippen LogP contribution in [0.15, 0.2) is 42.5 Å². The van der Waals surface area contributed by atoms with Gasteiger partial charge in [-0.25, -0.2) is 9.78 Å². The van der Waals surface area contributed by atoms with Gasteiger partial charge in [-0.15, -0.1) is 11.3 Å². The van der Waals surface area contributed by atoms with Crippen LogP contribution in [0, 0.1) is 0 Å². The fourth-order valence-corrected chi connectivity index (χ4v) is 5.12. The first-order valence-electron chi connectivity index (χ1n) is 9.13. The third kappa shape index (κ3) is 4.12. The van der Waals surface area contributed by atoms with Crippen molar-refractivity contribution < 1.29 is 14.3 Å². The summed E-state index contributed by atoms with van der Waals surface area (Å²) < 4.78 is 7.01. The van der Waals surface area contributed by atoms with Crippen molar-refractivity contribution in [2.75, 3.05) is 11.9 Å². The van der Waals surface area contributed by atoms with Gasteiger partial charge in [0.25, 0.3) is 5.91 Å². The molecule has 4 aromatic rings. The van der Waals surface area contributed by atoms with Gasteiger partial charge in [0.15, 0.2) is 5.13 Å². The Morgan fingerprint density at radius 2 is 1.97 bits per heavy atom. The molecule has 29 heavy (non-hydrogen) atoms. The van der Waals surface area contributed by atoms with E-state index in [0.29, 0.717) is 32.7 Å². The van der Waals surface area contributed by atoms with E-state index in [-0.39, 0.29) is 11.9 Å². The highest BCUT2D eigenvalue weighted by molar-refractivity contribution is 7.23. The number of hydrogen-bond donors (Lipinski definition) is 1. The van der Waals surface area contributed by atoms with Crippen molar-refractivity contribution in [2.45, 2.75) is 19.8 Å². The molecule has 0 saturated heterocycles. The molecule has 2 heterocycles. The van der Waals surface area contributed by atoms with Crippen LogP contribution in [0.25, 0.3) is 20.3 Å². The number of carbonyl (C=O) groups is 2. The minimum Gasteiger partial charge on any atom is -0.462 e. The molecular formula is C21H17ClN2O3S2. The molecule has 5 nitrogen and oxygen atoms in total. The van der Waals surface area contributed by atoms with Crippen molar-refractivity contribution in [1.82, 2.24) is 4.98 Å². The summed E-state index contributed by atoms with van der Waals surface area (Å²) in [6, 6.07) is 12.8. The molecule has 0 atom stereocenters. The number of anilines is 1. The number of halogens is 1. The van der Waals surface area contributed by atoms with Gasteiger partial charge in [-0.05, 0) is 30.7 Å². The van der Waals surface area contributed by atoms with Gasteiger partial charge in [-0.2, -0.15) is 0 Å². The summed E-state index contributed by atoms with van der Waals surface area (Å²) >= 11 is 9.04. The number of carbonyl (C=O) groups excluding carboxylic acids is 2. The van der Waals surface area contributed by atoms with Gasteiger partial charge in [-0.3, -0.25) is 10.1 Å². The number of rotatable bonds is 6. The number of esters is 1. The zero-order valence-electron chi connectivity index (χ0n) is 15.5. The monoisotopic (exact) mass is 444 g/mol. The summed E-state index contributed by atoms with van der Waals surface area (Å²) in [4.78, 5) is 29.7. The van der Waals surface area contributed by atoms with E-state index in [1.54, 1.807) is 18.2 Å². The molecule has 0 aliphatic rings. The molecule has 2 aromatic carbocycles. The molecule has 8 heteroatoms. The third-order valence-corrected chi connectivity index (χ3v) is 6.92. The lowest BCUT2D eigenvalue weighted by molar-refractivity contribution is 0.0500. The molecule has 0 bridgehead atoms. The fourth-order valence-electron chi connectivity index (χ4n) is 2.81. The summed E-state index contributed by atoms with van der Waals surface area (Å²) in [6.07, 6.45) is 1.80. The number of nitrogens with one attached hydrogen (secondary N) is 1. The Hall–Kier alpha value is -2.48. The number of unbranched alkanes of at least 4 members (excludes halogenated alkanes) is 1. The van der Waals surface area contributed by atoms with Crippen LogP contribution in [0.2, 0.25) is 5.02 Å². The van der Waals surface area contributed by atoms with Crippen LogP contribution in [0.5, 0.6) is 0 Å². The maximum atomic E-state index is 12.7. The van der Waals surface area contributed by atoms with Crippen LogP contribution >= 0.6 is 34.3 Å². The van der Waals surface area contributed by atoms with E-state index < -0.39 is 0 Å². The predicted molar refractivity (Wildman–Crippen MR) is 120 cm³/mol. The van der Waals surface area contributed by atoms with Crippen LogP contribution < -0.4 is 5.32 Å². The highest BCUT2D eigenvalue weighted by Gasteiger charge is 2.18. The molecule has 2 aromatic heterocycles. The number of hydrogen-bond acceptors (Lipinski definition) is 6. The SMILES string of the molecule is CCCCOC(=O)c1ccc2nc(NC(=O)c3sc4ccccc4c3Cl)sc2c1. The summed E-state index contributed by atoms with van der Waals surface area (Å²) in [7, 11) is 0. The summed E-state index contributed by atoms with van der Waals surface area (Å²) in [5.41, 5.74) is 1.18. The summed E-state index contributed by atoms with van der Waals surface area (Å²) in [6.45, 7) is 2.45. The Bertz CT molecular complexity index is 1220. The van der Waals surface area contributed by atoms with Crippen LogP contribution in [0.1, 0.15) is 39.8 Å². The van der Waals surface area contributed by atoms with Crippen LogP contribution in [0.3, 0.4) is 0 Å². The molecule has 148 valence electrons. The second kappa shape index (κ2) is 8.49. The minimum absolute atomic E-state index is 0.297. The molecular weight excluding hydrogens is 428 g/mol. The van der Waals surface area contributed by atoms with Crippen LogP contribution in [0.4, 0.5) is 5.13 Å². The Morgan fingerprint density at radius 1 is 1.14 bits per heavy atom. The molecule has 0 aliphatic carbocycles. The highest BCUT2D eigenvalue weighted by Crippen LogP contribution is 2.36. The molecule has 1 N–H and O–H groups in total. The van der Waals surface area contributed by atoms with E-state index in [1.807, 2.05) is 31.2 Å². The van der Waals surface area contributed by atoms with Gasteiger partial charge in [0.05, 0.1) is 27.4 Å². The first-order chi connectivity index (χ1) is 14.1. The Labute approximate surface area is 180 Å². The van der Waals surface area contributed by atoms with Crippen molar-refractivity contribution in [3.05, 3.63) is 57.9 Å². The number of benzene rings is 2. The Kier molecular flexibility index (Phi) is 5.80. The zero-order valence-corrected chi connectivity index (χ0v) is 17.9. The average molecular weight is 445 g/mol. The minimum atomic E-state index is -0.351. The number of amides is 1. The van der Waals surface area contributed by atoms with Crippen LogP contribution in [-0.4, -0.2) is 23.5 Å². The second-order valence-electron chi connectivity index (χ2n) is 6.39. The highest BCUT2D eigenvalue weighted by atomic mass is 35.5.